The lowest BCUT2D eigenvalue weighted by Crippen LogP contribution is -2.22. The van der Waals surface area contributed by atoms with Crippen LogP contribution in [-0.4, -0.2) is 16.1 Å². The molecule has 3 nitrogen and oxygen atoms in total. The highest BCUT2D eigenvalue weighted by atomic mass is 35.5. The predicted octanol–water partition coefficient (Wildman–Crippen LogP) is 3.25. The molecule has 1 aliphatic heterocycles. The van der Waals surface area contributed by atoms with E-state index in [4.69, 9.17) is 16.9 Å². The molecule has 17 heavy (non-hydrogen) atoms. The Balaban J connectivity index is 2.47. The third-order valence-corrected chi connectivity index (χ3v) is 4.75. The fourth-order valence-corrected chi connectivity index (χ4v) is 3.38. The predicted molar refractivity (Wildman–Crippen MR) is 66.5 cm³/mol. The molecule has 0 aliphatic carbocycles. The number of aromatic hydroxyl groups is 1. The van der Waals surface area contributed by atoms with Gasteiger partial charge in [0, 0.05) is 16.6 Å². The summed E-state index contributed by atoms with van der Waals surface area (Å²) in [6, 6.07) is 5.13. The maximum Gasteiger partial charge on any atom is 0.168 e. The van der Waals surface area contributed by atoms with Crippen LogP contribution < -0.4 is 0 Å². The quantitative estimate of drug-likeness (QED) is 0.848. The number of Topliss-reactive ketones (excluding diaryl/α,β-unsaturated/α-hetero) is 1. The number of hydrogen-bond donors (Lipinski definition) is 1. The van der Waals surface area contributed by atoms with E-state index in [-0.39, 0.29) is 29.1 Å². The molecule has 1 heterocycles. The van der Waals surface area contributed by atoms with Crippen molar-refractivity contribution in [2.45, 2.75) is 23.5 Å². The third-order valence-electron chi connectivity index (χ3n) is 2.78. The molecular weight excluding hydrogens is 258 g/mol. The molecule has 2 unspecified atom stereocenters. The third kappa shape index (κ3) is 2.13. The number of nitrogens with zero attached hydrogens (tertiary/aromatic N) is 1. The van der Waals surface area contributed by atoms with Gasteiger partial charge in [-0.25, -0.2) is 0 Å². The molecule has 2 rings (SSSR count). The zero-order valence-electron chi connectivity index (χ0n) is 9.11. The number of rotatable bonds is 1. The van der Waals surface area contributed by atoms with Crippen molar-refractivity contribution in [1.29, 1.82) is 5.26 Å². The number of fused-ring (bicyclic) bond motifs is 1. The van der Waals surface area contributed by atoms with E-state index in [1.54, 1.807) is 13.0 Å². The molecule has 2 atom stereocenters. The van der Waals surface area contributed by atoms with E-state index in [0.717, 1.165) is 0 Å². The van der Waals surface area contributed by atoms with Gasteiger partial charge in [0.2, 0.25) is 0 Å². The van der Waals surface area contributed by atoms with Gasteiger partial charge < -0.3 is 5.11 Å². The summed E-state index contributed by atoms with van der Waals surface area (Å²) in [6.07, 6.45) is 0.264. The summed E-state index contributed by atoms with van der Waals surface area (Å²) in [4.78, 5) is 12.5. The summed E-state index contributed by atoms with van der Waals surface area (Å²) < 4.78 is 0. The molecule has 0 fully saturated rings. The van der Waals surface area contributed by atoms with Gasteiger partial charge in [0.15, 0.2) is 5.78 Å². The van der Waals surface area contributed by atoms with Crippen LogP contribution in [0.5, 0.6) is 5.75 Å². The van der Waals surface area contributed by atoms with Gasteiger partial charge in [-0.2, -0.15) is 5.26 Å². The molecule has 0 saturated heterocycles. The number of ketones is 1. The maximum atomic E-state index is 11.9. The first-order valence-corrected chi connectivity index (χ1v) is 6.41. The average Bonchev–Trinajstić information content (AvgIpc) is 2.32. The van der Waals surface area contributed by atoms with Crippen molar-refractivity contribution in [1.82, 2.24) is 0 Å². The fraction of sp³-hybridized carbons (Fsp3) is 0.333. The standard InChI is InChI=1S/C12H10ClNO2S/c1-6(5-14)10-4-9(16)11-8(15)3-2-7(13)12(11)17-10/h2-3,6,10,15H,4H2,1H3. The Morgan fingerprint density at radius 2 is 2.35 bits per heavy atom. The molecule has 0 saturated carbocycles. The number of nitriles is 1. The van der Waals surface area contributed by atoms with E-state index in [0.29, 0.717) is 15.5 Å². The van der Waals surface area contributed by atoms with Gasteiger partial charge in [-0.15, -0.1) is 11.8 Å². The zero-order chi connectivity index (χ0) is 12.6. The Kier molecular flexibility index (Phi) is 3.32. The van der Waals surface area contributed by atoms with Crippen LogP contribution in [-0.2, 0) is 0 Å². The number of hydrogen-bond acceptors (Lipinski definition) is 4. The van der Waals surface area contributed by atoms with Crippen molar-refractivity contribution in [3.8, 4) is 11.8 Å². The minimum atomic E-state index is -0.226. The van der Waals surface area contributed by atoms with Crippen LogP contribution in [0, 0.1) is 17.2 Å². The number of thioether (sulfide) groups is 1. The van der Waals surface area contributed by atoms with Crippen LogP contribution in [0.25, 0.3) is 0 Å². The largest absolute Gasteiger partial charge is 0.507 e. The molecule has 0 bridgehead atoms. The zero-order valence-corrected chi connectivity index (χ0v) is 10.7. The first-order chi connectivity index (χ1) is 8.04. The number of carbonyl (C=O) groups excluding carboxylic acids is 1. The smallest absolute Gasteiger partial charge is 0.168 e. The summed E-state index contributed by atoms with van der Waals surface area (Å²) >= 11 is 7.42. The van der Waals surface area contributed by atoms with E-state index >= 15 is 0 Å². The van der Waals surface area contributed by atoms with Crippen molar-refractivity contribution >= 4 is 29.1 Å². The Morgan fingerprint density at radius 1 is 1.65 bits per heavy atom. The first kappa shape index (κ1) is 12.3. The highest BCUT2D eigenvalue weighted by molar-refractivity contribution is 8.00. The van der Waals surface area contributed by atoms with E-state index in [2.05, 4.69) is 6.07 Å². The van der Waals surface area contributed by atoms with Crippen LogP contribution in [0.4, 0.5) is 0 Å². The Bertz CT molecular complexity index is 524. The lowest BCUT2D eigenvalue weighted by molar-refractivity contribution is 0.0971. The first-order valence-electron chi connectivity index (χ1n) is 5.15. The molecule has 5 heteroatoms. The second-order valence-electron chi connectivity index (χ2n) is 3.97. The summed E-state index contributed by atoms with van der Waals surface area (Å²) in [5.41, 5.74) is 0.295. The van der Waals surface area contributed by atoms with Crippen molar-refractivity contribution in [2.24, 2.45) is 5.92 Å². The van der Waals surface area contributed by atoms with Crippen molar-refractivity contribution < 1.29 is 9.90 Å². The van der Waals surface area contributed by atoms with Crippen molar-refractivity contribution in [2.75, 3.05) is 0 Å². The molecule has 0 spiro atoms. The van der Waals surface area contributed by atoms with Crippen LogP contribution in [0.2, 0.25) is 5.02 Å². The van der Waals surface area contributed by atoms with Gasteiger partial charge >= 0.3 is 0 Å². The summed E-state index contributed by atoms with van der Waals surface area (Å²) in [5, 5.41) is 18.9. The van der Waals surface area contributed by atoms with Crippen LogP contribution in [0.1, 0.15) is 23.7 Å². The monoisotopic (exact) mass is 267 g/mol. The molecular formula is C12H10ClNO2S. The minimum absolute atomic E-state index is 0.0371. The Labute approximate surface area is 108 Å². The summed E-state index contributed by atoms with van der Waals surface area (Å²) in [6.45, 7) is 1.78. The highest BCUT2D eigenvalue weighted by Gasteiger charge is 2.32. The van der Waals surface area contributed by atoms with Crippen molar-refractivity contribution in [3.05, 3.63) is 22.7 Å². The molecule has 1 N–H and O–H groups in total. The lowest BCUT2D eigenvalue weighted by Gasteiger charge is -2.25. The van der Waals surface area contributed by atoms with Gasteiger partial charge in [0.05, 0.1) is 22.6 Å². The normalized spacial score (nSPS) is 20.5. The number of phenols is 1. The Hall–Kier alpha value is -1.18. The van der Waals surface area contributed by atoms with Gasteiger partial charge in [0.25, 0.3) is 0 Å². The second-order valence-corrected chi connectivity index (χ2v) is 5.63. The van der Waals surface area contributed by atoms with Gasteiger partial charge in [-0.1, -0.05) is 11.6 Å². The topological polar surface area (TPSA) is 61.1 Å². The number of carbonyl (C=O) groups is 1. The summed E-state index contributed by atoms with van der Waals surface area (Å²) in [7, 11) is 0. The van der Waals surface area contributed by atoms with Gasteiger partial charge in [-0.05, 0) is 19.1 Å². The van der Waals surface area contributed by atoms with Gasteiger partial charge in [-0.3, -0.25) is 4.79 Å². The molecule has 0 aromatic heterocycles. The average molecular weight is 268 g/mol. The number of benzene rings is 1. The molecule has 1 aromatic carbocycles. The van der Waals surface area contributed by atoms with E-state index < -0.39 is 0 Å². The molecule has 88 valence electrons. The summed E-state index contributed by atoms with van der Waals surface area (Å²) in [5.74, 6) is -0.411. The molecule has 1 aromatic rings. The SMILES string of the molecule is CC(C#N)C1CC(=O)c2c(O)ccc(Cl)c2S1. The van der Waals surface area contributed by atoms with Crippen LogP contribution in [0.15, 0.2) is 17.0 Å². The van der Waals surface area contributed by atoms with Crippen LogP contribution >= 0.6 is 23.4 Å². The highest BCUT2D eigenvalue weighted by Crippen LogP contribution is 2.45. The van der Waals surface area contributed by atoms with E-state index in [1.165, 1.54) is 17.8 Å². The minimum Gasteiger partial charge on any atom is -0.507 e. The molecule has 0 radical (unpaired) electrons. The van der Waals surface area contributed by atoms with Crippen LogP contribution in [0.3, 0.4) is 0 Å². The van der Waals surface area contributed by atoms with E-state index in [9.17, 15) is 9.90 Å². The lowest BCUT2D eigenvalue weighted by atomic mass is 9.99. The van der Waals surface area contributed by atoms with E-state index in [1.807, 2.05) is 0 Å². The van der Waals surface area contributed by atoms with Gasteiger partial charge in [0.1, 0.15) is 5.75 Å². The number of halogens is 1. The molecule has 0 amide bonds. The molecule has 1 aliphatic rings. The van der Waals surface area contributed by atoms with Crippen molar-refractivity contribution in [3.63, 3.8) is 0 Å². The fourth-order valence-electron chi connectivity index (χ4n) is 1.77. The Morgan fingerprint density at radius 3 is 3.00 bits per heavy atom. The number of phenolic OH excluding ortho intramolecular Hbond substituents is 1. The maximum absolute atomic E-state index is 11.9. The second kappa shape index (κ2) is 4.59.